The molecule has 0 spiro atoms. The van der Waals surface area contributed by atoms with Gasteiger partial charge in [-0.1, -0.05) is 0 Å². The van der Waals surface area contributed by atoms with Crippen LogP contribution in [0, 0.1) is 0 Å². The molecule has 0 bridgehead atoms. The lowest BCUT2D eigenvalue weighted by Crippen LogP contribution is -2.25. The highest BCUT2D eigenvalue weighted by molar-refractivity contribution is 6.18. The van der Waals surface area contributed by atoms with Gasteiger partial charge in [0.05, 0.1) is 19.8 Å². The Morgan fingerprint density at radius 2 is 1.68 bits per heavy atom. The molecular formula is C13H17N3O6. The van der Waals surface area contributed by atoms with E-state index >= 15 is 0 Å². The fourth-order valence-corrected chi connectivity index (χ4v) is 1.71. The predicted molar refractivity (Wildman–Crippen MR) is 74.1 cm³/mol. The highest BCUT2D eigenvalue weighted by Gasteiger charge is 2.38. The van der Waals surface area contributed by atoms with Gasteiger partial charge in [0, 0.05) is 27.3 Å². The monoisotopic (exact) mass is 311 g/mol. The van der Waals surface area contributed by atoms with Crippen LogP contribution in [0.15, 0.2) is 23.0 Å². The van der Waals surface area contributed by atoms with Crippen LogP contribution in [-0.4, -0.2) is 69.0 Å². The number of likely N-dealkylation sites (N-methyl/N-ethyl adjacent to an activating group) is 1. The first-order chi connectivity index (χ1) is 10.2. The maximum Gasteiger partial charge on any atom is 0.341 e. The maximum absolute atomic E-state index is 12.1. The van der Waals surface area contributed by atoms with E-state index in [0.717, 1.165) is 19.1 Å². The average molecular weight is 311 g/mol. The minimum Gasteiger partial charge on any atom is -0.465 e. The van der Waals surface area contributed by atoms with Gasteiger partial charge in [0.2, 0.25) is 0 Å². The molecule has 0 radical (unpaired) electrons. The summed E-state index contributed by atoms with van der Waals surface area (Å²) in [6.07, 6.45) is 1.29. The summed E-state index contributed by atoms with van der Waals surface area (Å²) in [5, 5.41) is 2.25. The molecule has 0 aromatic heterocycles. The number of carbonyl (C=O) groups is 4. The van der Waals surface area contributed by atoms with E-state index in [1.165, 1.54) is 18.1 Å². The van der Waals surface area contributed by atoms with Gasteiger partial charge in [-0.2, -0.15) is 0 Å². The summed E-state index contributed by atoms with van der Waals surface area (Å²) in [5.41, 5.74) is -0.915. The standard InChI is InChI=1S/C13H17N3O6/c1-15(2)6-7(11(18)21-4)8(12(19)22-5)9-10(17)16(3)13(20)14-9/h6H,1-5H3,(H,14,20)/b7-6-,9-8-. The zero-order valence-electron chi connectivity index (χ0n) is 12.9. The van der Waals surface area contributed by atoms with E-state index < -0.39 is 23.9 Å². The van der Waals surface area contributed by atoms with Crippen LogP contribution in [0.5, 0.6) is 0 Å². The molecule has 0 unspecified atom stereocenters. The fourth-order valence-electron chi connectivity index (χ4n) is 1.71. The number of ether oxygens (including phenoxy) is 2. The summed E-state index contributed by atoms with van der Waals surface area (Å²) in [6, 6.07) is -0.713. The van der Waals surface area contributed by atoms with Crippen LogP contribution in [0.1, 0.15) is 0 Å². The van der Waals surface area contributed by atoms with Gasteiger partial charge in [-0.25, -0.2) is 14.4 Å². The van der Waals surface area contributed by atoms with Gasteiger partial charge in [-0.05, 0) is 0 Å². The third-order valence-corrected chi connectivity index (χ3v) is 2.76. The summed E-state index contributed by atoms with van der Waals surface area (Å²) in [6.45, 7) is 0. The van der Waals surface area contributed by atoms with Gasteiger partial charge in [-0.15, -0.1) is 0 Å². The number of urea groups is 1. The topological polar surface area (TPSA) is 105 Å². The number of rotatable bonds is 4. The smallest absolute Gasteiger partial charge is 0.341 e. The van der Waals surface area contributed by atoms with Crippen molar-refractivity contribution in [2.24, 2.45) is 0 Å². The molecule has 1 aliphatic rings. The Morgan fingerprint density at radius 1 is 1.14 bits per heavy atom. The SMILES string of the molecule is COC(=O)C(=C\N(C)C)/C(C(=O)OC)=C1/NC(=O)N(C)C1=O. The van der Waals surface area contributed by atoms with E-state index in [4.69, 9.17) is 0 Å². The molecular weight excluding hydrogens is 294 g/mol. The number of nitrogens with zero attached hydrogens (tertiary/aromatic N) is 2. The summed E-state index contributed by atoms with van der Waals surface area (Å²) in [5.74, 6) is -2.55. The first kappa shape index (κ1) is 17.2. The molecule has 0 aliphatic carbocycles. The molecule has 22 heavy (non-hydrogen) atoms. The average Bonchev–Trinajstić information content (AvgIpc) is 2.72. The minimum atomic E-state index is -0.947. The molecule has 1 N–H and O–H groups in total. The minimum absolute atomic E-state index is 0.210. The number of hydrogen-bond donors (Lipinski definition) is 1. The Hall–Kier alpha value is -2.84. The van der Waals surface area contributed by atoms with E-state index in [-0.39, 0.29) is 16.8 Å². The van der Waals surface area contributed by atoms with Gasteiger partial charge < -0.3 is 19.7 Å². The number of imide groups is 1. The number of methoxy groups -OCH3 is 2. The van der Waals surface area contributed by atoms with E-state index in [2.05, 4.69) is 14.8 Å². The van der Waals surface area contributed by atoms with E-state index in [9.17, 15) is 19.2 Å². The Balaban J connectivity index is 3.59. The number of amides is 3. The highest BCUT2D eigenvalue weighted by atomic mass is 16.5. The van der Waals surface area contributed by atoms with Crippen LogP contribution in [0.3, 0.4) is 0 Å². The van der Waals surface area contributed by atoms with Crippen molar-refractivity contribution in [2.75, 3.05) is 35.4 Å². The van der Waals surface area contributed by atoms with Crippen molar-refractivity contribution in [3.63, 3.8) is 0 Å². The molecule has 1 aliphatic heterocycles. The second kappa shape index (κ2) is 6.74. The molecule has 0 aromatic rings. The van der Waals surface area contributed by atoms with Crippen LogP contribution in [0.4, 0.5) is 4.79 Å². The lowest BCUT2D eigenvalue weighted by atomic mass is 10.0. The number of esters is 2. The van der Waals surface area contributed by atoms with E-state index in [0.29, 0.717) is 0 Å². The van der Waals surface area contributed by atoms with Crippen molar-refractivity contribution in [3.05, 3.63) is 23.0 Å². The summed E-state index contributed by atoms with van der Waals surface area (Å²) >= 11 is 0. The summed E-state index contributed by atoms with van der Waals surface area (Å²) in [7, 11) is 6.70. The molecule has 0 atom stereocenters. The molecule has 1 rings (SSSR count). The molecule has 120 valence electrons. The molecule has 9 nitrogen and oxygen atoms in total. The fraction of sp³-hybridized carbons (Fsp3) is 0.385. The third-order valence-electron chi connectivity index (χ3n) is 2.76. The van der Waals surface area contributed by atoms with Crippen molar-refractivity contribution in [3.8, 4) is 0 Å². The first-order valence-corrected chi connectivity index (χ1v) is 6.13. The van der Waals surface area contributed by atoms with Crippen LogP contribution < -0.4 is 5.32 Å². The number of nitrogens with one attached hydrogen (secondary N) is 1. The molecule has 1 heterocycles. The van der Waals surface area contributed by atoms with E-state index in [1.807, 2.05) is 0 Å². The third kappa shape index (κ3) is 3.25. The van der Waals surface area contributed by atoms with Crippen molar-refractivity contribution < 1.29 is 28.7 Å². The predicted octanol–water partition coefficient (Wildman–Crippen LogP) is -0.786. The van der Waals surface area contributed by atoms with Crippen LogP contribution in [0.25, 0.3) is 0 Å². The van der Waals surface area contributed by atoms with Crippen LogP contribution >= 0.6 is 0 Å². The quantitative estimate of drug-likeness (QED) is 0.412. The molecule has 9 heteroatoms. The number of hydrogen-bond acceptors (Lipinski definition) is 7. The molecule has 0 saturated carbocycles. The zero-order valence-corrected chi connectivity index (χ0v) is 12.9. The van der Waals surface area contributed by atoms with Gasteiger partial charge >= 0.3 is 18.0 Å². The Morgan fingerprint density at radius 3 is 2.05 bits per heavy atom. The normalized spacial score (nSPS) is 17.1. The Bertz CT molecular complexity index is 591. The summed E-state index contributed by atoms with van der Waals surface area (Å²) < 4.78 is 9.24. The second-order valence-corrected chi connectivity index (χ2v) is 4.53. The number of carbonyl (C=O) groups excluding carboxylic acids is 4. The van der Waals surface area contributed by atoms with Crippen molar-refractivity contribution in [2.45, 2.75) is 0 Å². The molecule has 0 aromatic carbocycles. The van der Waals surface area contributed by atoms with Crippen molar-refractivity contribution >= 4 is 23.9 Å². The van der Waals surface area contributed by atoms with Gasteiger partial charge in [0.25, 0.3) is 5.91 Å². The molecule has 1 saturated heterocycles. The maximum atomic E-state index is 12.1. The van der Waals surface area contributed by atoms with Crippen molar-refractivity contribution in [1.82, 2.24) is 15.1 Å². The van der Waals surface area contributed by atoms with Crippen molar-refractivity contribution in [1.29, 1.82) is 0 Å². The molecule has 1 fully saturated rings. The van der Waals surface area contributed by atoms with Gasteiger partial charge in [-0.3, -0.25) is 9.69 Å². The second-order valence-electron chi connectivity index (χ2n) is 4.53. The van der Waals surface area contributed by atoms with Crippen LogP contribution in [-0.2, 0) is 23.9 Å². The van der Waals surface area contributed by atoms with Gasteiger partial charge in [0.1, 0.15) is 11.3 Å². The lowest BCUT2D eigenvalue weighted by Gasteiger charge is -2.13. The Kier molecular flexibility index (Phi) is 5.28. The lowest BCUT2D eigenvalue weighted by molar-refractivity contribution is -0.139. The molecule has 3 amide bonds. The zero-order chi connectivity index (χ0) is 17.0. The van der Waals surface area contributed by atoms with E-state index in [1.54, 1.807) is 14.1 Å². The largest absolute Gasteiger partial charge is 0.465 e. The van der Waals surface area contributed by atoms with Gasteiger partial charge in [0.15, 0.2) is 0 Å². The van der Waals surface area contributed by atoms with Crippen LogP contribution in [0.2, 0.25) is 0 Å². The Labute approximate surface area is 127 Å². The first-order valence-electron chi connectivity index (χ1n) is 6.13. The highest BCUT2D eigenvalue weighted by Crippen LogP contribution is 2.22. The summed E-state index contributed by atoms with van der Waals surface area (Å²) in [4.78, 5) is 49.9.